The maximum Gasteiger partial charge on any atom is 0.246 e. The van der Waals surface area contributed by atoms with Gasteiger partial charge in [0.2, 0.25) is 11.8 Å². The zero-order valence-corrected chi connectivity index (χ0v) is 16.5. The number of hydrogen-bond acceptors (Lipinski definition) is 2. The van der Waals surface area contributed by atoms with Gasteiger partial charge in [-0.25, -0.2) is 0 Å². The van der Waals surface area contributed by atoms with Gasteiger partial charge in [-0.2, -0.15) is 0 Å². The predicted molar refractivity (Wildman–Crippen MR) is 113 cm³/mol. The number of allylic oxidation sites excluding steroid dienone is 1. The molecule has 2 amide bonds. The number of nitrogens with zero attached hydrogens (tertiary/aromatic N) is 2. The minimum absolute atomic E-state index is 0.0255. The first-order valence-electron chi connectivity index (χ1n) is 9.98. The molecule has 0 aliphatic carbocycles. The normalized spacial score (nSPS) is 14.8. The molecule has 0 radical (unpaired) electrons. The molecule has 4 nitrogen and oxygen atoms in total. The van der Waals surface area contributed by atoms with Gasteiger partial charge in [-0.3, -0.25) is 9.59 Å². The molecule has 0 saturated carbocycles. The van der Waals surface area contributed by atoms with Crippen LogP contribution in [0.4, 0.5) is 0 Å². The van der Waals surface area contributed by atoms with Gasteiger partial charge >= 0.3 is 0 Å². The number of carbonyl (C=O) groups is 2. The molecule has 1 saturated heterocycles. The van der Waals surface area contributed by atoms with Crippen molar-refractivity contribution in [1.29, 1.82) is 0 Å². The minimum Gasteiger partial charge on any atom is -0.339 e. The van der Waals surface area contributed by atoms with Crippen molar-refractivity contribution < 1.29 is 9.59 Å². The number of piperazine rings is 1. The van der Waals surface area contributed by atoms with E-state index >= 15 is 0 Å². The third kappa shape index (κ3) is 5.56. The van der Waals surface area contributed by atoms with Gasteiger partial charge in [-0.05, 0) is 36.5 Å². The number of rotatable bonds is 6. The molecule has 1 heterocycles. The molecule has 2 aromatic rings. The summed E-state index contributed by atoms with van der Waals surface area (Å²) in [5.74, 6) is 0.219. The van der Waals surface area contributed by atoms with Crippen molar-refractivity contribution in [3.8, 4) is 0 Å². The Kier molecular flexibility index (Phi) is 7.01. The highest BCUT2D eigenvalue weighted by Gasteiger charge is 2.23. The summed E-state index contributed by atoms with van der Waals surface area (Å²) in [4.78, 5) is 28.7. The third-order valence-corrected chi connectivity index (χ3v) is 5.21. The largest absolute Gasteiger partial charge is 0.339 e. The van der Waals surface area contributed by atoms with E-state index in [1.165, 1.54) is 5.56 Å². The smallest absolute Gasteiger partial charge is 0.246 e. The monoisotopic (exact) mass is 376 g/mol. The van der Waals surface area contributed by atoms with Crippen LogP contribution in [0.25, 0.3) is 5.57 Å². The summed E-state index contributed by atoms with van der Waals surface area (Å²) in [5, 5.41) is 0. The second-order valence-electron chi connectivity index (χ2n) is 7.24. The van der Waals surface area contributed by atoms with Crippen LogP contribution in [0.3, 0.4) is 0 Å². The van der Waals surface area contributed by atoms with E-state index in [2.05, 4.69) is 12.1 Å². The highest BCUT2D eigenvalue weighted by atomic mass is 16.2. The highest BCUT2D eigenvalue weighted by Crippen LogP contribution is 2.14. The fourth-order valence-electron chi connectivity index (χ4n) is 3.48. The maximum atomic E-state index is 12.5. The minimum atomic E-state index is 0.0255. The standard InChI is InChI=1S/C24H28N2O2/c1-20(22-12-6-3-7-13-22)19-24(28)26-17-15-25(16-18-26)23(27)14-8-11-21-9-4-2-5-10-21/h2-7,9-10,12-13,19H,8,11,14-18H2,1H3/b20-19-. The van der Waals surface area contributed by atoms with E-state index in [1.807, 2.05) is 65.3 Å². The molecule has 0 spiro atoms. The number of carbonyl (C=O) groups excluding carboxylic acids is 2. The molecule has 28 heavy (non-hydrogen) atoms. The average molecular weight is 377 g/mol. The fraction of sp³-hybridized carbons (Fsp3) is 0.333. The average Bonchev–Trinajstić information content (AvgIpc) is 2.75. The lowest BCUT2D eigenvalue weighted by Crippen LogP contribution is -2.50. The lowest BCUT2D eigenvalue weighted by molar-refractivity contribution is -0.137. The van der Waals surface area contributed by atoms with Gasteiger partial charge in [0.25, 0.3) is 0 Å². The van der Waals surface area contributed by atoms with Crippen molar-refractivity contribution in [1.82, 2.24) is 9.80 Å². The second-order valence-corrected chi connectivity index (χ2v) is 7.24. The van der Waals surface area contributed by atoms with Crippen molar-refractivity contribution in [2.45, 2.75) is 26.2 Å². The Hall–Kier alpha value is -2.88. The predicted octanol–water partition coefficient (Wildman–Crippen LogP) is 3.78. The molecule has 0 unspecified atom stereocenters. The van der Waals surface area contributed by atoms with Crippen LogP contribution in [0, 0.1) is 0 Å². The van der Waals surface area contributed by atoms with Crippen LogP contribution in [0.2, 0.25) is 0 Å². The van der Waals surface area contributed by atoms with Gasteiger partial charge in [0.05, 0.1) is 0 Å². The van der Waals surface area contributed by atoms with Crippen LogP contribution in [0.5, 0.6) is 0 Å². The SMILES string of the molecule is C/C(=C/C(=O)N1CCN(C(=O)CCCc2ccccc2)CC1)c1ccccc1. The lowest BCUT2D eigenvalue weighted by Gasteiger charge is -2.34. The highest BCUT2D eigenvalue weighted by molar-refractivity contribution is 5.95. The maximum absolute atomic E-state index is 12.5. The molecule has 2 aromatic carbocycles. The Labute approximate surface area is 167 Å². The molecule has 4 heteroatoms. The third-order valence-electron chi connectivity index (χ3n) is 5.21. The van der Waals surface area contributed by atoms with Crippen LogP contribution in [0.1, 0.15) is 30.9 Å². The zero-order chi connectivity index (χ0) is 19.8. The van der Waals surface area contributed by atoms with E-state index in [9.17, 15) is 9.59 Å². The summed E-state index contributed by atoms with van der Waals surface area (Å²) in [6, 6.07) is 20.2. The van der Waals surface area contributed by atoms with Crippen LogP contribution in [-0.2, 0) is 16.0 Å². The Morgan fingerprint density at radius 3 is 2.07 bits per heavy atom. The van der Waals surface area contributed by atoms with Crippen LogP contribution in [0.15, 0.2) is 66.7 Å². The van der Waals surface area contributed by atoms with Crippen LogP contribution < -0.4 is 0 Å². The van der Waals surface area contributed by atoms with Gasteiger partial charge in [-0.15, -0.1) is 0 Å². The van der Waals surface area contributed by atoms with Crippen molar-refractivity contribution in [3.05, 3.63) is 77.9 Å². The summed E-state index contributed by atoms with van der Waals surface area (Å²) in [6.07, 6.45) is 4.05. The van der Waals surface area contributed by atoms with Crippen LogP contribution in [-0.4, -0.2) is 47.8 Å². The molecule has 3 rings (SSSR count). The Balaban J connectivity index is 1.43. The fourth-order valence-corrected chi connectivity index (χ4v) is 3.48. The van der Waals surface area contributed by atoms with Crippen molar-refractivity contribution >= 4 is 17.4 Å². The molecule has 146 valence electrons. The lowest BCUT2D eigenvalue weighted by atomic mass is 10.1. The van der Waals surface area contributed by atoms with Gasteiger partial charge in [0, 0.05) is 38.7 Å². The summed E-state index contributed by atoms with van der Waals surface area (Å²) in [5.41, 5.74) is 3.29. The molecular weight excluding hydrogens is 348 g/mol. The van der Waals surface area contributed by atoms with Crippen molar-refractivity contribution in [2.24, 2.45) is 0 Å². The molecule has 0 bridgehead atoms. The zero-order valence-electron chi connectivity index (χ0n) is 16.5. The molecule has 0 atom stereocenters. The van der Waals surface area contributed by atoms with E-state index in [1.54, 1.807) is 6.08 Å². The first-order valence-corrected chi connectivity index (χ1v) is 9.98. The van der Waals surface area contributed by atoms with Gasteiger partial charge in [0.1, 0.15) is 0 Å². The molecule has 1 aliphatic rings. The number of hydrogen-bond donors (Lipinski definition) is 0. The second kappa shape index (κ2) is 9.88. The van der Waals surface area contributed by atoms with E-state index in [-0.39, 0.29) is 11.8 Å². The molecule has 1 fully saturated rings. The van der Waals surface area contributed by atoms with E-state index in [0.717, 1.165) is 24.0 Å². The van der Waals surface area contributed by atoms with Gasteiger partial charge in [0.15, 0.2) is 0 Å². The number of amides is 2. The summed E-state index contributed by atoms with van der Waals surface area (Å²) >= 11 is 0. The molecule has 1 aliphatic heterocycles. The topological polar surface area (TPSA) is 40.6 Å². The van der Waals surface area contributed by atoms with Gasteiger partial charge in [-0.1, -0.05) is 60.7 Å². The first-order chi connectivity index (χ1) is 13.6. The van der Waals surface area contributed by atoms with E-state index < -0.39 is 0 Å². The molecular formula is C24H28N2O2. The quantitative estimate of drug-likeness (QED) is 0.720. The number of benzene rings is 2. The Morgan fingerprint density at radius 1 is 0.857 bits per heavy atom. The summed E-state index contributed by atoms with van der Waals surface area (Å²) < 4.78 is 0. The van der Waals surface area contributed by atoms with Crippen molar-refractivity contribution in [3.63, 3.8) is 0 Å². The molecule has 0 aromatic heterocycles. The first kappa shape index (κ1) is 19.9. The Morgan fingerprint density at radius 2 is 1.43 bits per heavy atom. The van der Waals surface area contributed by atoms with Gasteiger partial charge < -0.3 is 9.80 Å². The molecule has 0 N–H and O–H groups in total. The summed E-state index contributed by atoms with van der Waals surface area (Å²) in [6.45, 7) is 4.39. The number of aryl methyl sites for hydroxylation is 1. The van der Waals surface area contributed by atoms with E-state index in [4.69, 9.17) is 0 Å². The van der Waals surface area contributed by atoms with Crippen molar-refractivity contribution in [2.75, 3.05) is 26.2 Å². The Bertz CT molecular complexity index is 807. The van der Waals surface area contributed by atoms with E-state index in [0.29, 0.717) is 32.6 Å². The van der Waals surface area contributed by atoms with Crippen LogP contribution >= 0.6 is 0 Å². The summed E-state index contributed by atoms with van der Waals surface area (Å²) in [7, 11) is 0.